The van der Waals surface area contributed by atoms with Crippen LogP contribution in [0, 0.1) is 12.1 Å². The molecular formula is C10H8N2Y2-4. The van der Waals surface area contributed by atoms with Gasteiger partial charge < -0.3 is 16.1 Å². The third-order valence-corrected chi connectivity index (χ3v) is 1.18. The molecule has 68 valence electrons. The average molecular weight is 334 g/mol. The van der Waals surface area contributed by atoms with Crippen molar-refractivity contribution in [3.8, 4) is 0 Å². The number of aliphatic imine (C=N–C) groups is 2. The Kier molecular flexibility index (Phi) is 12.6. The van der Waals surface area contributed by atoms with E-state index in [0.29, 0.717) is 11.4 Å². The van der Waals surface area contributed by atoms with Crippen LogP contribution in [0.4, 0.5) is 11.4 Å². The maximum Gasteiger partial charge on any atom is 0 e. The second-order valence-electron chi connectivity index (χ2n) is 2.02. The molecular weight excluding hydrogens is 326 g/mol. The third-order valence-electron chi connectivity index (χ3n) is 1.18. The monoisotopic (exact) mass is 334 g/mol. The van der Waals surface area contributed by atoms with Crippen LogP contribution in [0.25, 0.3) is 0 Å². The zero-order chi connectivity index (χ0) is 8.81. The van der Waals surface area contributed by atoms with Crippen molar-refractivity contribution < 1.29 is 65.4 Å². The van der Waals surface area contributed by atoms with E-state index in [1.807, 2.05) is 0 Å². The molecule has 0 fully saturated rings. The number of nitrogens with zero attached hydrogens (tertiary/aromatic N) is 2. The van der Waals surface area contributed by atoms with Crippen LogP contribution in [0.1, 0.15) is 13.8 Å². The summed E-state index contributed by atoms with van der Waals surface area (Å²) in [7, 11) is 0. The fourth-order valence-corrected chi connectivity index (χ4v) is 0.738. The molecule has 0 aliphatic carbocycles. The first-order valence-electron chi connectivity index (χ1n) is 3.55. The summed E-state index contributed by atoms with van der Waals surface area (Å²) in [6.07, 6.45) is 5.33. The minimum Gasteiger partial charge on any atom is -0.484 e. The van der Waals surface area contributed by atoms with Crippen LogP contribution >= 0.6 is 0 Å². The molecule has 14 heavy (non-hydrogen) atoms. The van der Waals surface area contributed by atoms with E-state index < -0.39 is 0 Å². The molecule has 2 nitrogen and oxygen atoms in total. The van der Waals surface area contributed by atoms with E-state index in [9.17, 15) is 0 Å². The first-order valence-corrected chi connectivity index (χ1v) is 3.55. The first kappa shape index (κ1) is 17.2. The van der Waals surface area contributed by atoms with Gasteiger partial charge >= 0.3 is 0 Å². The average Bonchev–Trinajstić information content (AvgIpc) is 2.09. The molecule has 0 heterocycles. The fourth-order valence-electron chi connectivity index (χ4n) is 0.738. The van der Waals surface area contributed by atoms with Gasteiger partial charge in [0.05, 0.1) is 0 Å². The summed E-state index contributed by atoms with van der Waals surface area (Å²) in [5, 5.41) is 0. The topological polar surface area (TPSA) is 24.7 Å². The molecule has 0 N–H and O–H groups in total. The maximum absolute atomic E-state index is 3.91. The Hall–Kier alpha value is 0.768. The van der Waals surface area contributed by atoms with Crippen molar-refractivity contribution in [2.45, 2.75) is 13.8 Å². The van der Waals surface area contributed by atoms with E-state index in [1.54, 1.807) is 26.0 Å². The van der Waals surface area contributed by atoms with Gasteiger partial charge in [-0.15, -0.1) is 13.8 Å². The van der Waals surface area contributed by atoms with Crippen molar-refractivity contribution in [3.63, 3.8) is 0 Å². The van der Waals surface area contributed by atoms with E-state index in [1.165, 1.54) is 0 Å². The van der Waals surface area contributed by atoms with Crippen molar-refractivity contribution in [2.24, 2.45) is 9.98 Å². The summed E-state index contributed by atoms with van der Waals surface area (Å²) in [4.78, 5) is 7.82. The quantitative estimate of drug-likeness (QED) is 0.587. The van der Waals surface area contributed by atoms with Gasteiger partial charge in [0.25, 0.3) is 0 Å². The summed E-state index contributed by atoms with van der Waals surface area (Å²) >= 11 is 0. The van der Waals surface area contributed by atoms with Crippen molar-refractivity contribution in [3.05, 3.63) is 24.3 Å². The Morgan fingerprint density at radius 3 is 1.50 bits per heavy atom. The van der Waals surface area contributed by atoms with E-state index in [-0.39, 0.29) is 65.4 Å². The zero-order valence-electron chi connectivity index (χ0n) is 8.20. The summed E-state index contributed by atoms with van der Waals surface area (Å²) in [5.74, 6) is 0. The van der Waals surface area contributed by atoms with E-state index in [0.717, 1.165) is 0 Å². The van der Waals surface area contributed by atoms with Gasteiger partial charge in [-0.2, -0.15) is 18.1 Å². The van der Waals surface area contributed by atoms with Crippen LogP contribution < -0.4 is 0 Å². The van der Waals surface area contributed by atoms with Gasteiger partial charge in [-0.05, 0) is 0 Å². The van der Waals surface area contributed by atoms with Crippen LogP contribution in [-0.4, -0.2) is 12.4 Å². The first-order chi connectivity index (χ1) is 5.86. The molecule has 0 spiro atoms. The Morgan fingerprint density at radius 2 is 1.29 bits per heavy atom. The van der Waals surface area contributed by atoms with Crippen LogP contribution in [0.5, 0.6) is 0 Å². The minimum atomic E-state index is 0. The predicted octanol–water partition coefficient (Wildman–Crippen LogP) is 2.48. The molecule has 1 aromatic carbocycles. The molecule has 0 atom stereocenters. The maximum atomic E-state index is 3.91. The van der Waals surface area contributed by atoms with Crippen LogP contribution in [0.2, 0.25) is 0 Å². The molecule has 0 unspecified atom stereocenters. The van der Waals surface area contributed by atoms with Crippen molar-refractivity contribution in [1.82, 2.24) is 0 Å². The van der Waals surface area contributed by atoms with E-state index >= 15 is 0 Å². The third kappa shape index (κ3) is 6.29. The molecule has 0 saturated carbocycles. The van der Waals surface area contributed by atoms with Gasteiger partial charge in [0.1, 0.15) is 0 Å². The van der Waals surface area contributed by atoms with Crippen LogP contribution in [-0.2, 0) is 65.4 Å². The molecule has 1 aromatic rings. The summed E-state index contributed by atoms with van der Waals surface area (Å²) in [6.45, 7) is 3.47. The Bertz CT molecular complexity index is 260. The summed E-state index contributed by atoms with van der Waals surface area (Å²) < 4.78 is 0. The van der Waals surface area contributed by atoms with Gasteiger partial charge in [-0.25, -0.2) is 5.69 Å². The van der Waals surface area contributed by atoms with E-state index in [2.05, 4.69) is 34.5 Å². The zero-order valence-corrected chi connectivity index (χ0v) is 13.9. The molecule has 0 aliphatic rings. The Morgan fingerprint density at radius 1 is 0.929 bits per heavy atom. The van der Waals surface area contributed by atoms with Crippen LogP contribution in [0.15, 0.2) is 22.1 Å². The smallest absolute Gasteiger partial charge is 0 e. The largest absolute Gasteiger partial charge is 0.484 e. The second-order valence-corrected chi connectivity index (χ2v) is 2.02. The molecule has 0 bridgehead atoms. The van der Waals surface area contributed by atoms with Gasteiger partial charge in [0, 0.05) is 65.4 Å². The van der Waals surface area contributed by atoms with Crippen molar-refractivity contribution in [1.29, 1.82) is 0 Å². The number of rotatable bonds is 2. The number of benzene rings is 1. The molecule has 0 aromatic heterocycles. The van der Waals surface area contributed by atoms with Gasteiger partial charge in [-0.3, -0.25) is 18.2 Å². The molecule has 2 radical (unpaired) electrons. The Balaban J connectivity index is 0. The SMILES string of the molecule is C[C-]=Nc1[c-]cc(N=[C-]C)[c-]c1.[Y].[Y]. The minimum absolute atomic E-state index is 0. The second kappa shape index (κ2) is 10.3. The molecule has 0 amide bonds. The molecule has 4 heteroatoms. The van der Waals surface area contributed by atoms with Crippen molar-refractivity contribution in [2.75, 3.05) is 0 Å². The number of hydrogen-bond donors (Lipinski definition) is 0. The van der Waals surface area contributed by atoms with Gasteiger partial charge in [0.15, 0.2) is 0 Å². The van der Waals surface area contributed by atoms with Crippen molar-refractivity contribution >= 4 is 23.8 Å². The summed E-state index contributed by atoms with van der Waals surface area (Å²) in [6, 6.07) is 9.29. The van der Waals surface area contributed by atoms with Gasteiger partial charge in [-0.1, -0.05) is 0 Å². The summed E-state index contributed by atoms with van der Waals surface area (Å²) in [5.41, 5.74) is 1.43. The Labute approximate surface area is 135 Å². The fraction of sp³-hybridized carbons (Fsp3) is 0.200. The molecule has 0 aliphatic heterocycles. The molecule has 0 saturated heterocycles. The van der Waals surface area contributed by atoms with Gasteiger partial charge in [0.2, 0.25) is 0 Å². The normalized spacial score (nSPS) is 9.86. The predicted molar refractivity (Wildman–Crippen MR) is 49.7 cm³/mol. The molecule has 1 rings (SSSR count). The number of hydrogen-bond acceptors (Lipinski definition) is 2. The standard InChI is InChI=1S/C10H8N2.2Y/c1-3-11-9-5-7-10(8-6-9)12-4-2;;/h5,8H,1-2H3;;/q-4;;. The van der Waals surface area contributed by atoms with E-state index in [4.69, 9.17) is 0 Å². The van der Waals surface area contributed by atoms with Crippen LogP contribution in [0.3, 0.4) is 0 Å².